The van der Waals surface area contributed by atoms with Gasteiger partial charge in [0.15, 0.2) is 0 Å². The van der Waals surface area contributed by atoms with Gasteiger partial charge >= 0.3 is 53.5 Å². The minimum absolute atomic E-state index is 0. The fourth-order valence-electron chi connectivity index (χ4n) is 3.89. The molecule has 4 radical (unpaired) electrons. The van der Waals surface area contributed by atoms with Crippen molar-refractivity contribution < 1.29 is 80.3 Å². The van der Waals surface area contributed by atoms with E-state index in [-0.39, 0.29) is 91.4 Å². The molecule has 318 valence electrons. The summed E-state index contributed by atoms with van der Waals surface area (Å²) in [5.74, 6) is -1.52. The summed E-state index contributed by atoms with van der Waals surface area (Å²) >= 11 is 1.67. The number of aliphatic hydroxyl groups is 2. The zero-order chi connectivity index (χ0) is 43.0. The summed E-state index contributed by atoms with van der Waals surface area (Å²) in [4.78, 5) is 46.2. The molecule has 0 aliphatic carbocycles. The number of hydrogen-bond donors (Lipinski definition) is 3. The average molecular weight is 846 g/mol. The van der Waals surface area contributed by atoms with E-state index >= 15 is 0 Å². The van der Waals surface area contributed by atoms with Crippen LogP contribution in [-0.2, 0) is 70.1 Å². The maximum atomic E-state index is 12.3. The van der Waals surface area contributed by atoms with Gasteiger partial charge in [-0.2, -0.15) is 0 Å². The number of nitrogens with one attached hydrogen (secondary N) is 1. The molecule has 0 spiro atoms. The first-order valence-corrected chi connectivity index (χ1v) is 20.7. The minimum atomic E-state index is -3.17. The summed E-state index contributed by atoms with van der Waals surface area (Å²) in [5, 5.41) is 17.0. The van der Waals surface area contributed by atoms with Gasteiger partial charge in [-0.25, -0.2) is 9.59 Å². The van der Waals surface area contributed by atoms with Crippen molar-refractivity contribution in [3.8, 4) is 0 Å². The molecule has 22 heteroatoms. The van der Waals surface area contributed by atoms with Gasteiger partial charge in [-0.3, -0.25) is 18.7 Å². The fourth-order valence-corrected chi connectivity index (χ4v) is 5.62. The number of Topliss-reactive ketones (excluding diaryl/α,β-unsaturated/α-hetero) is 1. The van der Waals surface area contributed by atoms with Gasteiger partial charge < -0.3 is 52.0 Å². The summed E-state index contributed by atoms with van der Waals surface area (Å²) in [5.41, 5.74) is -1.22. The number of ether oxygens (including phenoxy) is 5. The van der Waals surface area contributed by atoms with Crippen molar-refractivity contribution in [3.05, 3.63) is 24.3 Å². The molecule has 18 nitrogen and oxygen atoms in total. The molecule has 0 aliphatic heterocycles. The fraction of sp³-hybridized carbons (Fsp3) is 0.758. The molecule has 3 N–H and O–H groups in total. The first-order valence-electron chi connectivity index (χ1n) is 16.6. The zero-order valence-electron chi connectivity index (χ0n) is 34.2. The Kier molecular flexibility index (Phi) is 40.0. The summed E-state index contributed by atoms with van der Waals surface area (Å²) in [6.07, 6.45) is 0.906. The van der Waals surface area contributed by atoms with Gasteiger partial charge in [-0.05, 0) is 47.5 Å². The van der Waals surface area contributed by atoms with Crippen molar-refractivity contribution in [2.45, 2.75) is 54.4 Å². The van der Waals surface area contributed by atoms with Crippen LogP contribution in [0.1, 0.15) is 54.4 Å². The van der Waals surface area contributed by atoms with Crippen LogP contribution in [0.4, 0.5) is 0 Å². The Labute approximate surface area is 336 Å². The van der Waals surface area contributed by atoms with Crippen LogP contribution in [0.3, 0.4) is 0 Å². The normalized spacial score (nSPS) is 11.9. The molecule has 0 aromatic carbocycles. The molecule has 0 fully saturated rings. The van der Waals surface area contributed by atoms with Crippen LogP contribution in [0.5, 0.6) is 0 Å². The molecule has 1 atom stereocenters. The molecule has 0 aromatic rings. The topological polar surface area (TPSA) is 250 Å². The predicted octanol–water partition coefficient (Wildman–Crippen LogP) is 3.67. The SMILES string of the molecule is C=C(C)C(=O)OCCO.C=C(COCCP(=O)(OC)OC)C(=O)OCC.CCC(COCCP(=O)(OC)OC)(CC(C)(C)C(=O)OCCO)C(C)=O.[B].[NH]=[Al]. The number of hydrogen-bond acceptors (Lipinski definition) is 18. The number of carbonyl (C=O) groups excluding carboxylic acids is 4. The van der Waals surface area contributed by atoms with E-state index in [0.717, 1.165) is 0 Å². The average Bonchev–Trinajstić information content (AvgIpc) is 3.16. The van der Waals surface area contributed by atoms with Crippen LogP contribution < -0.4 is 0 Å². The second kappa shape index (κ2) is 35.3. The van der Waals surface area contributed by atoms with E-state index in [1.165, 1.54) is 35.4 Å². The Morgan fingerprint density at radius 1 is 0.727 bits per heavy atom. The molecule has 0 amide bonds. The van der Waals surface area contributed by atoms with Crippen LogP contribution in [0.25, 0.3) is 0 Å². The van der Waals surface area contributed by atoms with E-state index < -0.39 is 43.9 Å². The Morgan fingerprint density at radius 2 is 1.16 bits per heavy atom. The van der Waals surface area contributed by atoms with Crippen molar-refractivity contribution in [3.63, 3.8) is 0 Å². The molecule has 0 saturated carbocycles. The van der Waals surface area contributed by atoms with Gasteiger partial charge in [0.05, 0.1) is 75.0 Å². The molecule has 0 rings (SSSR count). The van der Waals surface area contributed by atoms with Crippen molar-refractivity contribution in [2.24, 2.45) is 10.8 Å². The van der Waals surface area contributed by atoms with Crippen molar-refractivity contribution >= 4 is 63.4 Å². The Balaban J connectivity index is -0.000000246. The van der Waals surface area contributed by atoms with E-state index in [2.05, 4.69) is 17.9 Å². The van der Waals surface area contributed by atoms with Crippen LogP contribution in [0.2, 0.25) is 0 Å². The number of esters is 3. The monoisotopic (exact) mass is 845 g/mol. The molecule has 0 aromatic heterocycles. The van der Waals surface area contributed by atoms with E-state index in [0.29, 0.717) is 18.6 Å². The van der Waals surface area contributed by atoms with Gasteiger partial charge in [0.1, 0.15) is 19.0 Å². The van der Waals surface area contributed by atoms with Crippen molar-refractivity contribution in [1.82, 2.24) is 0 Å². The number of ketones is 1. The van der Waals surface area contributed by atoms with E-state index in [1.54, 1.807) is 43.8 Å². The number of rotatable bonds is 26. The molecule has 0 heterocycles. The summed E-state index contributed by atoms with van der Waals surface area (Å²) < 4.78 is 73.4. The van der Waals surface area contributed by atoms with Gasteiger partial charge in [0.2, 0.25) is 0 Å². The van der Waals surface area contributed by atoms with E-state index in [4.69, 9.17) is 51.6 Å². The number of aliphatic hydroxyl groups excluding tert-OH is 2. The van der Waals surface area contributed by atoms with E-state index in [1.807, 2.05) is 6.92 Å². The molecular weight excluding hydrogens is 782 g/mol. The van der Waals surface area contributed by atoms with Crippen molar-refractivity contribution in [1.29, 1.82) is 4.35 Å². The third-order valence-corrected chi connectivity index (χ3v) is 10.8. The first-order chi connectivity index (χ1) is 25.2. The zero-order valence-corrected chi connectivity index (χ0v) is 37.1. The number of carbonyl (C=O) groups is 4. The third-order valence-electron chi connectivity index (χ3n) is 7.10. The van der Waals surface area contributed by atoms with Gasteiger partial charge in [-0.15, -0.1) is 0 Å². The van der Waals surface area contributed by atoms with Crippen LogP contribution >= 0.6 is 15.2 Å². The second-order valence-corrected chi connectivity index (χ2v) is 16.4. The first kappa shape index (κ1) is 62.3. The van der Waals surface area contributed by atoms with E-state index in [9.17, 15) is 28.3 Å². The van der Waals surface area contributed by atoms with Gasteiger partial charge in [0, 0.05) is 42.4 Å². The molecule has 0 saturated heterocycles. The van der Waals surface area contributed by atoms with Crippen LogP contribution in [0.15, 0.2) is 24.3 Å². The summed E-state index contributed by atoms with van der Waals surface area (Å²) in [6.45, 7) is 17.1. The maximum absolute atomic E-state index is 12.3. The predicted molar refractivity (Wildman–Crippen MR) is 207 cm³/mol. The Hall–Kier alpha value is -1.90. The standard InChI is InChI=1S/C17H33O8P.C10H19O6P.C6H10O3.Al.B.HN/c1-7-17(14(2)19,12-16(3,4)15(20)25-9-8-18)13-24-10-11-26(21,22-5)23-6;1-5-16-10(11)9(2)8-15-6-7-17(12,13-3)14-4;1-5(2)6(8)9-4-3-7;;;/h18H,7-13H2,1-6H3;2,5-8H2,1,3-4H3;7H,1,3-4H2,2H3;;;1H. The van der Waals surface area contributed by atoms with Crippen LogP contribution in [-0.4, -0.2) is 159 Å². The summed E-state index contributed by atoms with van der Waals surface area (Å²) in [6, 6.07) is 0. The molecule has 1 unspecified atom stereocenters. The quantitative estimate of drug-likeness (QED) is 0.0281. The summed E-state index contributed by atoms with van der Waals surface area (Å²) in [7, 11) is -1.00. The second-order valence-electron chi connectivity index (χ2n) is 11.6. The van der Waals surface area contributed by atoms with Gasteiger partial charge in [-0.1, -0.05) is 20.1 Å². The molecule has 0 aliphatic rings. The van der Waals surface area contributed by atoms with Gasteiger partial charge in [0.25, 0.3) is 0 Å². The van der Waals surface area contributed by atoms with Crippen LogP contribution in [0, 0.1) is 15.2 Å². The van der Waals surface area contributed by atoms with Crippen molar-refractivity contribution in [2.75, 3.05) is 100 Å². The Bertz CT molecular complexity index is 1210. The molecular formula is C33H63AlBNO17P2. The third kappa shape index (κ3) is 29.0. The molecule has 0 bridgehead atoms. The Morgan fingerprint density at radius 3 is 1.53 bits per heavy atom. The molecule has 55 heavy (non-hydrogen) atoms.